The molecule has 0 aromatic heterocycles. The molecule has 0 atom stereocenters. The molecule has 0 aliphatic carbocycles. The summed E-state index contributed by atoms with van der Waals surface area (Å²) >= 11 is 23.9. The first-order valence-corrected chi connectivity index (χ1v) is 9.62. The molecule has 0 unspecified atom stereocenters. The van der Waals surface area contributed by atoms with E-state index in [0.717, 1.165) is 0 Å². The van der Waals surface area contributed by atoms with Crippen molar-refractivity contribution in [2.45, 2.75) is 0 Å². The van der Waals surface area contributed by atoms with Crippen LogP contribution in [0.15, 0.2) is 24.3 Å². The van der Waals surface area contributed by atoms with Crippen LogP contribution < -0.4 is 9.47 Å². The van der Waals surface area contributed by atoms with E-state index in [9.17, 15) is 14.4 Å². The summed E-state index contributed by atoms with van der Waals surface area (Å²) in [5.41, 5.74) is -0.265. The molecular weight excluding hydrogens is 482 g/mol. The Morgan fingerprint density at radius 2 is 1.00 bits per heavy atom. The van der Waals surface area contributed by atoms with Gasteiger partial charge in [0, 0.05) is 0 Å². The van der Waals surface area contributed by atoms with Crippen molar-refractivity contribution in [2.75, 3.05) is 27.4 Å². The molecule has 2 aromatic rings. The highest BCUT2D eigenvalue weighted by atomic mass is 35.5. The molecule has 160 valence electrons. The standard InChI is InChI=1S/C19H14Cl4O7/c1-27-16-12(22)5-3-10(20)14(16)18(25)29-7-9(24)8-30-19(26)15-11(21)4-6-13(23)17(15)28-2/h3-6H,7-8H2,1-2H3. The number of hydrogen-bond acceptors (Lipinski definition) is 7. The van der Waals surface area contributed by atoms with E-state index in [1.807, 2.05) is 0 Å². The largest absolute Gasteiger partial charge is 0.494 e. The lowest BCUT2D eigenvalue weighted by Crippen LogP contribution is -2.21. The molecule has 0 amide bonds. The van der Waals surface area contributed by atoms with Crippen LogP contribution in [-0.4, -0.2) is 45.2 Å². The van der Waals surface area contributed by atoms with E-state index < -0.39 is 30.9 Å². The van der Waals surface area contributed by atoms with Gasteiger partial charge in [0.2, 0.25) is 5.78 Å². The molecule has 30 heavy (non-hydrogen) atoms. The lowest BCUT2D eigenvalue weighted by Gasteiger charge is -2.12. The Morgan fingerprint density at radius 1 is 0.667 bits per heavy atom. The number of benzene rings is 2. The van der Waals surface area contributed by atoms with Crippen molar-refractivity contribution in [1.29, 1.82) is 0 Å². The first-order chi connectivity index (χ1) is 14.2. The Labute approximate surface area is 191 Å². The van der Waals surface area contributed by atoms with Crippen molar-refractivity contribution >= 4 is 64.1 Å². The van der Waals surface area contributed by atoms with Gasteiger partial charge in [-0.3, -0.25) is 4.79 Å². The number of ketones is 1. The smallest absolute Gasteiger partial charge is 0.343 e. The molecule has 0 radical (unpaired) electrons. The summed E-state index contributed by atoms with van der Waals surface area (Å²) in [5, 5.41) is 0.341. The minimum absolute atomic E-state index is 0.00994. The summed E-state index contributed by atoms with van der Waals surface area (Å²) < 4.78 is 19.9. The molecule has 0 aliphatic heterocycles. The van der Waals surface area contributed by atoms with Crippen molar-refractivity contribution in [1.82, 2.24) is 0 Å². The average molecular weight is 496 g/mol. The SMILES string of the molecule is COc1c(Cl)ccc(Cl)c1C(=O)OCC(=O)COC(=O)c1c(Cl)ccc(Cl)c1OC. The fraction of sp³-hybridized carbons (Fsp3) is 0.211. The van der Waals surface area contributed by atoms with Gasteiger partial charge in [-0.05, 0) is 24.3 Å². The third kappa shape index (κ3) is 5.49. The monoisotopic (exact) mass is 494 g/mol. The van der Waals surface area contributed by atoms with Crippen LogP contribution in [-0.2, 0) is 14.3 Å². The van der Waals surface area contributed by atoms with Crippen LogP contribution in [0.5, 0.6) is 11.5 Å². The van der Waals surface area contributed by atoms with E-state index in [1.165, 1.54) is 38.5 Å². The zero-order chi connectivity index (χ0) is 22.4. The molecular formula is C19H14Cl4O7. The van der Waals surface area contributed by atoms with Gasteiger partial charge in [0.15, 0.2) is 24.7 Å². The third-order valence-corrected chi connectivity index (χ3v) is 4.89. The van der Waals surface area contributed by atoms with E-state index in [4.69, 9.17) is 65.4 Å². The highest BCUT2D eigenvalue weighted by Gasteiger charge is 2.24. The quantitative estimate of drug-likeness (QED) is 0.481. The van der Waals surface area contributed by atoms with Gasteiger partial charge in [-0.15, -0.1) is 0 Å². The van der Waals surface area contributed by atoms with Gasteiger partial charge in [0.1, 0.15) is 11.1 Å². The van der Waals surface area contributed by atoms with Crippen molar-refractivity contribution in [3.8, 4) is 11.5 Å². The Hall–Kier alpha value is -2.19. The highest BCUT2D eigenvalue weighted by Crippen LogP contribution is 2.35. The molecule has 11 heteroatoms. The fourth-order valence-corrected chi connectivity index (χ4v) is 3.25. The summed E-state index contributed by atoms with van der Waals surface area (Å²) in [5.74, 6) is -2.55. The van der Waals surface area contributed by atoms with Crippen LogP contribution in [0.2, 0.25) is 20.1 Å². The molecule has 0 spiro atoms. The van der Waals surface area contributed by atoms with Gasteiger partial charge in [-0.25, -0.2) is 9.59 Å². The van der Waals surface area contributed by atoms with E-state index in [-0.39, 0.29) is 42.7 Å². The summed E-state index contributed by atoms with van der Waals surface area (Å²) in [4.78, 5) is 36.5. The van der Waals surface area contributed by atoms with Gasteiger partial charge >= 0.3 is 11.9 Å². The number of ether oxygens (including phenoxy) is 4. The minimum atomic E-state index is -0.932. The Bertz CT molecular complexity index is 914. The summed E-state index contributed by atoms with van der Waals surface area (Å²) in [6.07, 6.45) is 0. The van der Waals surface area contributed by atoms with Crippen LogP contribution in [0, 0.1) is 0 Å². The van der Waals surface area contributed by atoms with Gasteiger partial charge in [-0.2, -0.15) is 0 Å². The topological polar surface area (TPSA) is 88.1 Å². The number of hydrogen-bond donors (Lipinski definition) is 0. The molecule has 0 saturated heterocycles. The molecule has 2 aromatic carbocycles. The molecule has 2 rings (SSSR count). The second kappa shape index (κ2) is 10.7. The zero-order valence-electron chi connectivity index (χ0n) is 15.6. The normalized spacial score (nSPS) is 10.3. The number of Topliss-reactive ketones (excluding diaryl/α,β-unsaturated/α-hetero) is 1. The van der Waals surface area contributed by atoms with E-state index >= 15 is 0 Å². The van der Waals surface area contributed by atoms with Crippen molar-refractivity contribution in [2.24, 2.45) is 0 Å². The number of halogens is 4. The molecule has 0 bridgehead atoms. The van der Waals surface area contributed by atoms with Crippen LogP contribution in [0.25, 0.3) is 0 Å². The Morgan fingerprint density at radius 3 is 1.33 bits per heavy atom. The maximum atomic E-state index is 12.3. The van der Waals surface area contributed by atoms with E-state index in [2.05, 4.69) is 0 Å². The fourth-order valence-electron chi connectivity index (χ4n) is 2.32. The highest BCUT2D eigenvalue weighted by molar-refractivity contribution is 6.37. The Balaban J connectivity index is 2.00. The second-order valence-electron chi connectivity index (χ2n) is 5.57. The maximum absolute atomic E-state index is 12.3. The maximum Gasteiger partial charge on any atom is 0.343 e. The number of methoxy groups -OCH3 is 2. The van der Waals surface area contributed by atoms with Crippen LogP contribution >= 0.6 is 46.4 Å². The van der Waals surface area contributed by atoms with Gasteiger partial charge < -0.3 is 18.9 Å². The minimum Gasteiger partial charge on any atom is -0.494 e. The van der Waals surface area contributed by atoms with E-state index in [0.29, 0.717) is 0 Å². The van der Waals surface area contributed by atoms with E-state index in [1.54, 1.807) is 0 Å². The molecule has 0 saturated carbocycles. The third-order valence-electron chi connectivity index (χ3n) is 3.66. The lowest BCUT2D eigenvalue weighted by atomic mass is 10.2. The van der Waals surface area contributed by atoms with Crippen LogP contribution in [0.4, 0.5) is 0 Å². The molecule has 0 heterocycles. The molecule has 7 nitrogen and oxygen atoms in total. The summed E-state index contributed by atoms with van der Waals surface area (Å²) in [6, 6.07) is 5.65. The number of carbonyl (C=O) groups excluding carboxylic acids is 3. The van der Waals surface area contributed by atoms with Gasteiger partial charge in [0.05, 0.1) is 34.3 Å². The lowest BCUT2D eigenvalue weighted by molar-refractivity contribution is -0.125. The molecule has 0 fully saturated rings. The molecule has 0 aliphatic rings. The van der Waals surface area contributed by atoms with Crippen molar-refractivity contribution < 1.29 is 33.3 Å². The van der Waals surface area contributed by atoms with Gasteiger partial charge in [0.25, 0.3) is 0 Å². The Kier molecular flexibility index (Phi) is 8.61. The second-order valence-corrected chi connectivity index (χ2v) is 7.19. The summed E-state index contributed by atoms with van der Waals surface area (Å²) in [7, 11) is 2.60. The summed E-state index contributed by atoms with van der Waals surface area (Å²) in [6.45, 7) is -1.36. The average Bonchev–Trinajstić information content (AvgIpc) is 2.72. The van der Waals surface area contributed by atoms with Crippen LogP contribution in [0.3, 0.4) is 0 Å². The molecule has 0 N–H and O–H groups in total. The first kappa shape index (κ1) is 24.1. The van der Waals surface area contributed by atoms with Crippen LogP contribution in [0.1, 0.15) is 20.7 Å². The predicted molar refractivity (Wildman–Crippen MR) is 112 cm³/mol. The predicted octanol–water partition coefficient (Wildman–Crippen LogP) is 4.90. The first-order valence-electron chi connectivity index (χ1n) is 8.11. The van der Waals surface area contributed by atoms with Gasteiger partial charge in [-0.1, -0.05) is 46.4 Å². The zero-order valence-corrected chi connectivity index (χ0v) is 18.6. The number of rotatable bonds is 8. The number of esters is 2. The van der Waals surface area contributed by atoms with Crippen molar-refractivity contribution in [3.63, 3.8) is 0 Å². The number of carbonyl (C=O) groups is 3. The van der Waals surface area contributed by atoms with Crippen molar-refractivity contribution in [3.05, 3.63) is 55.5 Å².